The Balaban J connectivity index is 2.29. The number of ether oxygens (including phenoxy) is 1. The molecule has 2 heterocycles. The second-order valence-corrected chi connectivity index (χ2v) is 4.33. The van der Waals surface area contributed by atoms with Gasteiger partial charge in [0.25, 0.3) is 11.5 Å². The topological polar surface area (TPSA) is 90.3 Å². The fourth-order valence-electron chi connectivity index (χ4n) is 1.92. The van der Waals surface area contributed by atoms with Crippen LogP contribution in [0.1, 0.15) is 17.3 Å². The first kappa shape index (κ1) is 14.7. The number of carbonyl (C=O) groups is 2. The van der Waals surface area contributed by atoms with Gasteiger partial charge in [0.15, 0.2) is 0 Å². The molecule has 1 N–H and O–H groups in total. The summed E-state index contributed by atoms with van der Waals surface area (Å²) in [5, 5.41) is 3.04. The van der Waals surface area contributed by atoms with Gasteiger partial charge >= 0.3 is 5.97 Å². The van der Waals surface area contributed by atoms with Crippen LogP contribution in [-0.4, -0.2) is 34.6 Å². The van der Waals surface area contributed by atoms with Crippen molar-refractivity contribution in [3.8, 4) is 0 Å². The third-order valence-electron chi connectivity index (χ3n) is 2.91. The molecule has 0 radical (unpaired) electrons. The molecule has 0 aliphatic heterocycles. The second-order valence-electron chi connectivity index (χ2n) is 4.33. The summed E-state index contributed by atoms with van der Waals surface area (Å²) in [6, 6.07) is 4.93. The average molecular weight is 289 g/mol. The van der Waals surface area contributed by atoms with Crippen molar-refractivity contribution in [2.45, 2.75) is 6.92 Å². The molecule has 0 aliphatic carbocycles. The Hall–Kier alpha value is -2.70. The zero-order valence-corrected chi connectivity index (χ0v) is 11.8. The first-order chi connectivity index (χ1) is 10.0. The third-order valence-corrected chi connectivity index (χ3v) is 2.91. The molecule has 2 aromatic heterocycles. The molecule has 0 atom stereocenters. The van der Waals surface area contributed by atoms with Crippen molar-refractivity contribution < 1.29 is 14.3 Å². The van der Waals surface area contributed by atoms with Crippen molar-refractivity contribution in [1.82, 2.24) is 14.9 Å². The summed E-state index contributed by atoms with van der Waals surface area (Å²) in [6.45, 7) is 1.63. The highest BCUT2D eigenvalue weighted by atomic mass is 16.5. The van der Waals surface area contributed by atoms with Crippen molar-refractivity contribution in [2.24, 2.45) is 7.05 Å². The predicted molar refractivity (Wildman–Crippen MR) is 76.0 cm³/mol. The van der Waals surface area contributed by atoms with Gasteiger partial charge in [0.1, 0.15) is 17.8 Å². The summed E-state index contributed by atoms with van der Waals surface area (Å²) >= 11 is 0. The molecule has 110 valence electrons. The number of esters is 1. The van der Waals surface area contributed by atoms with Gasteiger partial charge in [-0.3, -0.25) is 19.0 Å². The maximum absolute atomic E-state index is 12.1. The highest BCUT2D eigenvalue weighted by Crippen LogP contribution is 2.09. The molecular formula is C14H15N3O4. The highest BCUT2D eigenvalue weighted by molar-refractivity contribution is 5.98. The number of nitrogens with one attached hydrogen (secondary N) is 1. The van der Waals surface area contributed by atoms with Crippen molar-refractivity contribution in [2.75, 3.05) is 13.2 Å². The van der Waals surface area contributed by atoms with Crippen LogP contribution in [0.15, 0.2) is 29.2 Å². The zero-order valence-electron chi connectivity index (χ0n) is 11.8. The van der Waals surface area contributed by atoms with Gasteiger partial charge in [0.05, 0.1) is 6.61 Å². The van der Waals surface area contributed by atoms with E-state index in [4.69, 9.17) is 4.74 Å². The number of aromatic nitrogens is 2. The summed E-state index contributed by atoms with van der Waals surface area (Å²) in [7, 11) is 1.54. The zero-order chi connectivity index (χ0) is 15.4. The summed E-state index contributed by atoms with van der Waals surface area (Å²) < 4.78 is 6.01. The molecule has 0 spiro atoms. The Kier molecular flexibility index (Phi) is 4.32. The minimum Gasteiger partial charge on any atom is -0.465 e. The summed E-state index contributed by atoms with van der Waals surface area (Å²) in [6.07, 6.45) is 1.57. The standard InChI is InChI=1S/C14H15N3O4/c1-3-21-11(18)8-16-13(19)10-7-9-5-4-6-15-12(9)17(2)14(10)20/h4-7H,3,8H2,1-2H3,(H,16,19). The largest absolute Gasteiger partial charge is 0.465 e. The van der Waals surface area contributed by atoms with Gasteiger partial charge in [-0.15, -0.1) is 0 Å². The SMILES string of the molecule is CCOC(=O)CNC(=O)c1cc2cccnc2n(C)c1=O. The van der Waals surface area contributed by atoms with Gasteiger partial charge < -0.3 is 10.1 Å². The Labute approximate surface area is 120 Å². The van der Waals surface area contributed by atoms with E-state index in [0.717, 1.165) is 0 Å². The number of nitrogens with zero attached hydrogens (tertiary/aromatic N) is 2. The van der Waals surface area contributed by atoms with Crippen LogP contribution >= 0.6 is 0 Å². The maximum atomic E-state index is 12.1. The Morgan fingerprint density at radius 1 is 1.43 bits per heavy atom. The number of hydrogen-bond donors (Lipinski definition) is 1. The van der Waals surface area contributed by atoms with Gasteiger partial charge in [-0.2, -0.15) is 0 Å². The molecule has 0 saturated heterocycles. The predicted octanol–water partition coefficient (Wildman–Crippen LogP) is 0.226. The quantitative estimate of drug-likeness (QED) is 0.813. The molecule has 0 saturated carbocycles. The minimum absolute atomic E-state index is 0.0395. The van der Waals surface area contributed by atoms with E-state index in [1.54, 1.807) is 32.3 Å². The van der Waals surface area contributed by atoms with E-state index in [9.17, 15) is 14.4 Å². The molecule has 2 rings (SSSR count). The molecular weight excluding hydrogens is 274 g/mol. The summed E-state index contributed by atoms with van der Waals surface area (Å²) in [5.74, 6) is -1.17. The monoisotopic (exact) mass is 289 g/mol. The lowest BCUT2D eigenvalue weighted by molar-refractivity contribution is -0.141. The van der Waals surface area contributed by atoms with E-state index in [-0.39, 0.29) is 18.7 Å². The maximum Gasteiger partial charge on any atom is 0.325 e. The fourth-order valence-corrected chi connectivity index (χ4v) is 1.92. The number of rotatable bonds is 4. The molecule has 7 nitrogen and oxygen atoms in total. The summed E-state index contributed by atoms with van der Waals surface area (Å²) in [4.78, 5) is 39.5. The van der Waals surface area contributed by atoms with Gasteiger partial charge in [0.2, 0.25) is 0 Å². The average Bonchev–Trinajstić information content (AvgIpc) is 2.49. The van der Waals surface area contributed by atoms with Crippen LogP contribution in [0, 0.1) is 0 Å². The van der Waals surface area contributed by atoms with E-state index >= 15 is 0 Å². The van der Waals surface area contributed by atoms with E-state index in [1.165, 1.54) is 10.6 Å². The van der Waals surface area contributed by atoms with Crippen LogP contribution in [0.25, 0.3) is 11.0 Å². The van der Waals surface area contributed by atoms with Crippen LogP contribution in [0.4, 0.5) is 0 Å². The van der Waals surface area contributed by atoms with Gasteiger partial charge in [0, 0.05) is 18.6 Å². The highest BCUT2D eigenvalue weighted by Gasteiger charge is 2.15. The van der Waals surface area contributed by atoms with Crippen LogP contribution < -0.4 is 10.9 Å². The van der Waals surface area contributed by atoms with E-state index in [0.29, 0.717) is 11.0 Å². The number of pyridine rings is 2. The molecule has 0 unspecified atom stereocenters. The van der Waals surface area contributed by atoms with Crippen molar-refractivity contribution in [1.29, 1.82) is 0 Å². The lowest BCUT2D eigenvalue weighted by atomic mass is 10.2. The van der Waals surface area contributed by atoms with Crippen LogP contribution in [0.5, 0.6) is 0 Å². The molecule has 0 fully saturated rings. The van der Waals surface area contributed by atoms with Crippen LogP contribution in [-0.2, 0) is 16.6 Å². The van der Waals surface area contributed by atoms with Crippen molar-refractivity contribution >= 4 is 22.9 Å². The first-order valence-electron chi connectivity index (χ1n) is 6.43. The molecule has 0 aromatic carbocycles. The van der Waals surface area contributed by atoms with Crippen molar-refractivity contribution in [3.05, 3.63) is 40.3 Å². The van der Waals surface area contributed by atoms with Gasteiger partial charge in [-0.25, -0.2) is 4.98 Å². The molecule has 2 aromatic rings. The molecule has 7 heteroatoms. The molecule has 1 amide bonds. The lowest BCUT2D eigenvalue weighted by Gasteiger charge is -2.08. The third kappa shape index (κ3) is 3.07. The normalized spacial score (nSPS) is 10.4. The second kappa shape index (κ2) is 6.17. The molecule has 0 bridgehead atoms. The smallest absolute Gasteiger partial charge is 0.325 e. The molecule has 21 heavy (non-hydrogen) atoms. The van der Waals surface area contributed by atoms with Gasteiger partial charge in [-0.05, 0) is 25.1 Å². The van der Waals surface area contributed by atoms with E-state index in [2.05, 4.69) is 10.3 Å². The van der Waals surface area contributed by atoms with Crippen LogP contribution in [0.2, 0.25) is 0 Å². The number of fused-ring (bicyclic) bond motifs is 1. The molecule has 0 aliphatic rings. The number of hydrogen-bond acceptors (Lipinski definition) is 5. The number of carbonyl (C=O) groups excluding carboxylic acids is 2. The number of amides is 1. The summed E-state index contributed by atoms with van der Waals surface area (Å²) in [5.41, 5.74) is -0.0192. The fraction of sp³-hybridized carbons (Fsp3) is 0.286. The Morgan fingerprint density at radius 3 is 2.90 bits per heavy atom. The first-order valence-corrected chi connectivity index (χ1v) is 6.43. The van der Waals surface area contributed by atoms with Crippen molar-refractivity contribution in [3.63, 3.8) is 0 Å². The van der Waals surface area contributed by atoms with Gasteiger partial charge in [-0.1, -0.05) is 0 Å². The Bertz CT molecular complexity index is 751. The van der Waals surface area contributed by atoms with E-state index < -0.39 is 17.4 Å². The van der Waals surface area contributed by atoms with E-state index in [1.807, 2.05) is 0 Å². The lowest BCUT2D eigenvalue weighted by Crippen LogP contribution is -2.35. The van der Waals surface area contributed by atoms with Crippen LogP contribution in [0.3, 0.4) is 0 Å². The minimum atomic E-state index is -0.616. The Morgan fingerprint density at radius 2 is 2.19 bits per heavy atom. The number of aryl methyl sites for hydroxylation is 1.